The van der Waals surface area contributed by atoms with Crippen molar-refractivity contribution < 1.29 is 4.79 Å². The summed E-state index contributed by atoms with van der Waals surface area (Å²) >= 11 is 1.92. The van der Waals surface area contributed by atoms with E-state index in [1.54, 1.807) is 0 Å². The van der Waals surface area contributed by atoms with Crippen molar-refractivity contribution >= 4 is 23.5 Å². The molecule has 0 bridgehead atoms. The number of pyridine rings is 1. The molecule has 5 heteroatoms. The summed E-state index contributed by atoms with van der Waals surface area (Å²) < 4.78 is 0. The smallest absolute Gasteiger partial charge is 0.254 e. The van der Waals surface area contributed by atoms with Crippen LogP contribution >= 0.6 is 11.8 Å². The molecule has 0 aliphatic carbocycles. The molecule has 4 nitrogen and oxygen atoms in total. The van der Waals surface area contributed by atoms with Gasteiger partial charge in [0.2, 0.25) is 0 Å². The predicted octanol–water partition coefficient (Wildman–Crippen LogP) is 2.79. The van der Waals surface area contributed by atoms with Crippen molar-refractivity contribution in [1.29, 1.82) is 0 Å². The highest BCUT2D eigenvalue weighted by Crippen LogP contribution is 2.23. The molecule has 1 aliphatic rings. The van der Waals surface area contributed by atoms with Gasteiger partial charge in [0.25, 0.3) is 5.91 Å². The van der Waals surface area contributed by atoms with Gasteiger partial charge in [-0.25, -0.2) is 4.98 Å². The van der Waals surface area contributed by atoms with Crippen molar-refractivity contribution in [1.82, 2.24) is 9.88 Å². The van der Waals surface area contributed by atoms with E-state index in [9.17, 15) is 4.79 Å². The van der Waals surface area contributed by atoms with Crippen molar-refractivity contribution in [3.8, 4) is 0 Å². The van der Waals surface area contributed by atoms with Crippen molar-refractivity contribution in [2.24, 2.45) is 0 Å². The highest BCUT2D eigenvalue weighted by atomic mass is 32.2. The molecule has 1 amide bonds. The lowest BCUT2D eigenvalue weighted by Gasteiger charge is -2.24. The first-order valence-electron chi connectivity index (χ1n) is 7.19. The van der Waals surface area contributed by atoms with Crippen LogP contribution in [0.5, 0.6) is 0 Å². The number of thioether (sulfide) groups is 1. The average Bonchev–Trinajstić information content (AvgIpc) is 2.97. The van der Waals surface area contributed by atoms with Gasteiger partial charge in [0.05, 0.1) is 0 Å². The zero-order valence-electron chi connectivity index (χ0n) is 12.5. The summed E-state index contributed by atoms with van der Waals surface area (Å²) in [6.07, 6.45) is 2.13. The average molecular weight is 293 g/mol. The third-order valence-corrected chi connectivity index (χ3v) is 4.68. The van der Waals surface area contributed by atoms with Gasteiger partial charge in [0.1, 0.15) is 5.82 Å². The minimum atomic E-state index is 0.0996. The molecule has 0 radical (unpaired) electrons. The molecule has 1 N–H and O–H groups in total. The molecule has 1 saturated heterocycles. The van der Waals surface area contributed by atoms with Gasteiger partial charge in [-0.15, -0.1) is 0 Å². The van der Waals surface area contributed by atoms with Crippen molar-refractivity contribution in [2.45, 2.75) is 32.7 Å². The van der Waals surface area contributed by atoms with Crippen LogP contribution in [0.15, 0.2) is 12.1 Å². The first kappa shape index (κ1) is 15.2. The fourth-order valence-corrected chi connectivity index (χ4v) is 3.60. The number of anilines is 1. The molecule has 1 unspecified atom stereocenters. The van der Waals surface area contributed by atoms with Crippen LogP contribution in [-0.4, -0.2) is 46.9 Å². The Kier molecular flexibility index (Phi) is 5.29. The van der Waals surface area contributed by atoms with Crippen molar-refractivity contribution in [2.75, 3.05) is 30.4 Å². The summed E-state index contributed by atoms with van der Waals surface area (Å²) in [4.78, 5) is 18.9. The van der Waals surface area contributed by atoms with Crippen LogP contribution in [0.1, 0.15) is 35.8 Å². The summed E-state index contributed by atoms with van der Waals surface area (Å²) in [7, 11) is 1.91. The van der Waals surface area contributed by atoms with Gasteiger partial charge in [-0.05, 0) is 37.7 Å². The van der Waals surface area contributed by atoms with Crippen LogP contribution in [0.2, 0.25) is 0 Å². The Labute approximate surface area is 125 Å². The lowest BCUT2D eigenvalue weighted by atomic mass is 10.1. The zero-order chi connectivity index (χ0) is 14.5. The normalized spacial score (nSPS) is 18.1. The number of nitrogens with zero attached hydrogens (tertiary/aromatic N) is 2. The SMILES string of the molecule is CCCNc1cc(C(=O)N(C)C2CCSC2)cc(C)n1. The number of hydrogen-bond donors (Lipinski definition) is 1. The van der Waals surface area contributed by atoms with E-state index in [-0.39, 0.29) is 5.91 Å². The van der Waals surface area contributed by atoms with Crippen molar-refractivity contribution in [3.63, 3.8) is 0 Å². The van der Waals surface area contributed by atoms with Gasteiger partial charge in [-0.2, -0.15) is 11.8 Å². The number of carbonyl (C=O) groups is 1. The Bertz CT molecular complexity index is 472. The number of rotatable bonds is 5. The lowest BCUT2D eigenvalue weighted by Crippen LogP contribution is -2.37. The first-order chi connectivity index (χ1) is 9.61. The topological polar surface area (TPSA) is 45.2 Å². The maximum Gasteiger partial charge on any atom is 0.254 e. The van der Waals surface area contributed by atoms with Crippen LogP contribution < -0.4 is 5.32 Å². The first-order valence-corrected chi connectivity index (χ1v) is 8.34. The molecule has 2 heterocycles. The summed E-state index contributed by atoms with van der Waals surface area (Å²) in [6, 6.07) is 4.11. The van der Waals surface area contributed by atoms with Gasteiger partial charge in [0, 0.05) is 36.6 Å². The second kappa shape index (κ2) is 6.97. The van der Waals surface area contributed by atoms with E-state index in [2.05, 4.69) is 17.2 Å². The van der Waals surface area contributed by atoms with E-state index < -0.39 is 0 Å². The third kappa shape index (κ3) is 3.66. The van der Waals surface area contributed by atoms with Crippen LogP contribution in [0.3, 0.4) is 0 Å². The second-order valence-electron chi connectivity index (χ2n) is 5.24. The fraction of sp³-hybridized carbons (Fsp3) is 0.600. The van der Waals surface area contributed by atoms with Gasteiger partial charge in [-0.3, -0.25) is 4.79 Å². The lowest BCUT2D eigenvalue weighted by molar-refractivity contribution is 0.0747. The fourth-order valence-electron chi connectivity index (χ4n) is 2.33. The highest BCUT2D eigenvalue weighted by Gasteiger charge is 2.25. The molecule has 1 aromatic rings. The molecular formula is C15H23N3OS. The summed E-state index contributed by atoms with van der Waals surface area (Å²) in [5.74, 6) is 3.10. The molecule has 0 aromatic carbocycles. The van der Waals surface area contributed by atoms with E-state index in [0.717, 1.165) is 48.0 Å². The van der Waals surface area contributed by atoms with Gasteiger partial charge >= 0.3 is 0 Å². The van der Waals surface area contributed by atoms with E-state index >= 15 is 0 Å². The molecule has 1 atom stereocenters. The summed E-state index contributed by atoms with van der Waals surface area (Å²) in [5.41, 5.74) is 1.61. The van der Waals surface area contributed by atoms with Gasteiger partial charge in [-0.1, -0.05) is 6.92 Å². The van der Waals surface area contributed by atoms with Crippen LogP contribution in [0.4, 0.5) is 5.82 Å². The van der Waals surface area contributed by atoms with E-state index in [1.165, 1.54) is 0 Å². The molecule has 20 heavy (non-hydrogen) atoms. The Hall–Kier alpha value is -1.23. The molecular weight excluding hydrogens is 270 g/mol. The van der Waals surface area contributed by atoms with Gasteiger partial charge in [0.15, 0.2) is 0 Å². The van der Waals surface area contributed by atoms with Gasteiger partial charge < -0.3 is 10.2 Å². The molecule has 1 aromatic heterocycles. The van der Waals surface area contributed by atoms with Crippen LogP contribution in [0, 0.1) is 6.92 Å². The number of carbonyl (C=O) groups excluding carboxylic acids is 1. The minimum Gasteiger partial charge on any atom is -0.370 e. The quantitative estimate of drug-likeness (QED) is 0.907. The maximum atomic E-state index is 12.6. The van der Waals surface area contributed by atoms with E-state index in [4.69, 9.17) is 0 Å². The van der Waals surface area contributed by atoms with E-state index in [0.29, 0.717) is 6.04 Å². The van der Waals surface area contributed by atoms with E-state index in [1.807, 2.05) is 42.8 Å². The molecule has 2 rings (SSSR count). The van der Waals surface area contributed by atoms with Crippen LogP contribution in [-0.2, 0) is 0 Å². The van der Waals surface area contributed by atoms with Crippen molar-refractivity contribution in [3.05, 3.63) is 23.4 Å². The van der Waals surface area contributed by atoms with Crippen LogP contribution in [0.25, 0.3) is 0 Å². The molecule has 1 aliphatic heterocycles. The number of nitrogens with one attached hydrogen (secondary N) is 1. The standard InChI is InChI=1S/C15H23N3OS/c1-4-6-16-14-9-12(8-11(2)17-14)15(19)18(3)13-5-7-20-10-13/h8-9,13H,4-7,10H2,1-3H3,(H,16,17). The Morgan fingerprint density at radius 1 is 1.55 bits per heavy atom. The monoisotopic (exact) mass is 293 g/mol. The largest absolute Gasteiger partial charge is 0.370 e. The third-order valence-electron chi connectivity index (χ3n) is 3.53. The second-order valence-corrected chi connectivity index (χ2v) is 6.39. The minimum absolute atomic E-state index is 0.0996. The number of aromatic nitrogens is 1. The maximum absolute atomic E-state index is 12.6. The highest BCUT2D eigenvalue weighted by molar-refractivity contribution is 7.99. The Balaban J connectivity index is 2.13. The molecule has 0 saturated carbocycles. The number of hydrogen-bond acceptors (Lipinski definition) is 4. The Morgan fingerprint density at radius 2 is 2.35 bits per heavy atom. The zero-order valence-corrected chi connectivity index (χ0v) is 13.3. The molecule has 1 fully saturated rings. The Morgan fingerprint density at radius 3 is 3.00 bits per heavy atom. The number of amides is 1. The summed E-state index contributed by atoms with van der Waals surface area (Å²) in [5, 5.41) is 3.25. The number of aryl methyl sites for hydroxylation is 1. The summed E-state index contributed by atoms with van der Waals surface area (Å²) in [6.45, 7) is 4.92. The molecule has 0 spiro atoms. The molecule has 110 valence electrons. The predicted molar refractivity (Wildman–Crippen MR) is 85.6 cm³/mol.